The lowest BCUT2D eigenvalue weighted by Crippen LogP contribution is -2.48. The SMILES string of the molecule is CC(C)(C)NC(=O)CNC(=O)C(C)(C)c1ccc(OS(=O)(=O)C(F)(F)F)cc1. The Morgan fingerprint density at radius 2 is 1.50 bits per heavy atom. The van der Waals surface area contributed by atoms with Gasteiger partial charge in [-0.15, -0.1) is 0 Å². The number of carbonyl (C=O) groups excluding carboxylic acids is 2. The molecule has 0 spiro atoms. The fourth-order valence-electron chi connectivity index (χ4n) is 2.08. The van der Waals surface area contributed by atoms with E-state index in [1.54, 1.807) is 34.6 Å². The quantitative estimate of drug-likeness (QED) is 0.539. The summed E-state index contributed by atoms with van der Waals surface area (Å²) in [5.41, 5.74) is -6.75. The van der Waals surface area contributed by atoms with E-state index in [0.29, 0.717) is 5.56 Å². The first-order valence-electron chi connectivity index (χ1n) is 8.16. The van der Waals surface area contributed by atoms with Crippen molar-refractivity contribution in [2.75, 3.05) is 6.54 Å². The summed E-state index contributed by atoms with van der Waals surface area (Å²) in [6.07, 6.45) is 0. The summed E-state index contributed by atoms with van der Waals surface area (Å²) in [7, 11) is -5.77. The van der Waals surface area contributed by atoms with Gasteiger partial charge in [-0.3, -0.25) is 9.59 Å². The van der Waals surface area contributed by atoms with Crippen LogP contribution in [0.4, 0.5) is 13.2 Å². The van der Waals surface area contributed by atoms with Crippen molar-refractivity contribution in [3.05, 3.63) is 29.8 Å². The molecule has 0 bridgehead atoms. The van der Waals surface area contributed by atoms with E-state index < -0.39 is 38.2 Å². The van der Waals surface area contributed by atoms with Crippen LogP contribution in [0.2, 0.25) is 0 Å². The molecule has 0 saturated carbocycles. The zero-order valence-electron chi connectivity index (χ0n) is 16.1. The normalized spacial score (nSPS) is 13.0. The highest BCUT2D eigenvalue weighted by Crippen LogP contribution is 2.29. The van der Waals surface area contributed by atoms with Crippen molar-refractivity contribution >= 4 is 21.9 Å². The van der Waals surface area contributed by atoms with Gasteiger partial charge in [-0.25, -0.2) is 0 Å². The van der Waals surface area contributed by atoms with Crippen LogP contribution in [0.15, 0.2) is 24.3 Å². The van der Waals surface area contributed by atoms with Crippen LogP contribution >= 0.6 is 0 Å². The van der Waals surface area contributed by atoms with Gasteiger partial charge in [0.25, 0.3) is 0 Å². The topological polar surface area (TPSA) is 102 Å². The molecule has 7 nitrogen and oxygen atoms in total. The summed E-state index contributed by atoms with van der Waals surface area (Å²) >= 11 is 0. The second-order valence-electron chi connectivity index (χ2n) is 7.61. The maximum absolute atomic E-state index is 12.4. The van der Waals surface area contributed by atoms with Crippen molar-refractivity contribution < 1.29 is 35.4 Å². The van der Waals surface area contributed by atoms with E-state index in [9.17, 15) is 31.2 Å². The number of hydrogen-bond donors (Lipinski definition) is 2. The Kier molecular flexibility index (Phi) is 6.76. The maximum Gasteiger partial charge on any atom is 0.534 e. The molecule has 1 aromatic carbocycles. The number of alkyl halides is 3. The second-order valence-corrected chi connectivity index (χ2v) is 9.15. The smallest absolute Gasteiger partial charge is 0.376 e. The average Bonchev–Trinajstić information content (AvgIpc) is 2.50. The molecular formula is C17H23F3N2O5S. The van der Waals surface area contributed by atoms with Crippen molar-refractivity contribution in [2.24, 2.45) is 0 Å². The van der Waals surface area contributed by atoms with Gasteiger partial charge in [0.15, 0.2) is 0 Å². The van der Waals surface area contributed by atoms with Crippen LogP contribution in [-0.2, 0) is 25.1 Å². The number of halogens is 3. The third-order valence-electron chi connectivity index (χ3n) is 3.56. The molecule has 0 radical (unpaired) electrons. The molecule has 0 fully saturated rings. The Labute approximate surface area is 161 Å². The predicted octanol–water partition coefficient (Wildman–Crippen LogP) is 2.22. The van der Waals surface area contributed by atoms with Gasteiger partial charge >= 0.3 is 15.6 Å². The third-order valence-corrected chi connectivity index (χ3v) is 4.54. The number of benzene rings is 1. The van der Waals surface area contributed by atoms with Gasteiger partial charge in [0.2, 0.25) is 11.8 Å². The molecule has 0 unspecified atom stereocenters. The van der Waals surface area contributed by atoms with Gasteiger partial charge in [0.05, 0.1) is 12.0 Å². The molecular weight excluding hydrogens is 401 g/mol. The highest BCUT2D eigenvalue weighted by molar-refractivity contribution is 7.88. The molecule has 1 rings (SSSR count). The molecule has 0 atom stereocenters. The number of carbonyl (C=O) groups is 2. The number of nitrogens with one attached hydrogen (secondary N) is 2. The largest absolute Gasteiger partial charge is 0.534 e. The predicted molar refractivity (Wildman–Crippen MR) is 96.0 cm³/mol. The molecule has 28 heavy (non-hydrogen) atoms. The standard InChI is InChI=1S/C17H23F3N2O5S/c1-15(2,3)22-13(23)10-21-14(24)16(4,5)11-6-8-12(9-7-11)27-28(25,26)17(18,19)20/h6-9H,10H2,1-5H3,(H,21,24)(H,22,23). The number of amides is 2. The van der Waals surface area contributed by atoms with Gasteiger partial charge in [-0.1, -0.05) is 12.1 Å². The minimum Gasteiger partial charge on any atom is -0.376 e. The van der Waals surface area contributed by atoms with Crippen LogP contribution in [0.1, 0.15) is 40.2 Å². The minimum absolute atomic E-state index is 0.245. The summed E-state index contributed by atoms with van der Waals surface area (Å²) in [6, 6.07) is 4.58. The average molecular weight is 424 g/mol. The lowest BCUT2D eigenvalue weighted by Gasteiger charge is -2.25. The van der Waals surface area contributed by atoms with Crippen LogP contribution in [0.3, 0.4) is 0 Å². The van der Waals surface area contributed by atoms with E-state index in [1.165, 1.54) is 12.1 Å². The Morgan fingerprint density at radius 3 is 1.93 bits per heavy atom. The van der Waals surface area contributed by atoms with Crippen molar-refractivity contribution in [3.8, 4) is 5.75 Å². The lowest BCUT2D eigenvalue weighted by atomic mass is 9.83. The molecule has 0 aromatic heterocycles. The molecule has 0 aliphatic carbocycles. The van der Waals surface area contributed by atoms with Gasteiger partial charge in [0, 0.05) is 5.54 Å². The molecule has 0 heterocycles. The molecule has 158 valence electrons. The van der Waals surface area contributed by atoms with E-state index in [-0.39, 0.29) is 12.5 Å². The molecule has 2 amide bonds. The highest BCUT2D eigenvalue weighted by Gasteiger charge is 2.48. The Balaban J connectivity index is 2.83. The van der Waals surface area contributed by atoms with E-state index in [1.807, 2.05) is 0 Å². The van der Waals surface area contributed by atoms with Gasteiger partial charge < -0.3 is 14.8 Å². The minimum atomic E-state index is -5.77. The first-order chi connectivity index (χ1) is 12.5. The van der Waals surface area contributed by atoms with Gasteiger partial charge in [0.1, 0.15) is 5.75 Å². The molecule has 0 aliphatic heterocycles. The maximum atomic E-state index is 12.4. The molecule has 2 N–H and O–H groups in total. The number of hydrogen-bond acceptors (Lipinski definition) is 5. The fraction of sp³-hybridized carbons (Fsp3) is 0.529. The molecule has 0 aliphatic rings. The number of rotatable bonds is 6. The fourth-order valence-corrected chi connectivity index (χ4v) is 2.54. The lowest BCUT2D eigenvalue weighted by molar-refractivity contribution is -0.129. The van der Waals surface area contributed by atoms with Crippen molar-refractivity contribution in [1.82, 2.24) is 10.6 Å². The monoisotopic (exact) mass is 424 g/mol. The summed E-state index contributed by atoms with van der Waals surface area (Å²) in [4.78, 5) is 24.2. The summed E-state index contributed by atoms with van der Waals surface area (Å²) < 4.78 is 63.1. The Bertz CT molecular complexity index is 826. The highest BCUT2D eigenvalue weighted by atomic mass is 32.2. The summed E-state index contributed by atoms with van der Waals surface area (Å²) in [5, 5.41) is 5.18. The van der Waals surface area contributed by atoms with Crippen molar-refractivity contribution in [1.29, 1.82) is 0 Å². The van der Waals surface area contributed by atoms with Crippen molar-refractivity contribution in [2.45, 2.75) is 51.1 Å². The van der Waals surface area contributed by atoms with E-state index >= 15 is 0 Å². The van der Waals surface area contributed by atoms with Crippen LogP contribution < -0.4 is 14.8 Å². The van der Waals surface area contributed by atoms with E-state index in [4.69, 9.17) is 0 Å². The molecule has 11 heteroatoms. The van der Waals surface area contributed by atoms with Crippen LogP contribution in [0, 0.1) is 0 Å². The van der Waals surface area contributed by atoms with Crippen LogP contribution in [0.5, 0.6) is 5.75 Å². The summed E-state index contributed by atoms with van der Waals surface area (Å²) in [6.45, 7) is 8.22. The summed E-state index contributed by atoms with van der Waals surface area (Å²) in [5.74, 6) is -1.41. The van der Waals surface area contributed by atoms with Crippen LogP contribution in [-0.4, -0.2) is 37.8 Å². The zero-order valence-corrected chi connectivity index (χ0v) is 16.9. The Hall–Kier alpha value is -2.30. The van der Waals surface area contributed by atoms with Crippen LogP contribution in [0.25, 0.3) is 0 Å². The first-order valence-corrected chi connectivity index (χ1v) is 9.57. The Morgan fingerprint density at radius 1 is 1.00 bits per heavy atom. The zero-order chi connectivity index (χ0) is 22.0. The molecule has 1 aromatic rings. The van der Waals surface area contributed by atoms with E-state index in [0.717, 1.165) is 12.1 Å². The molecule has 0 saturated heterocycles. The first kappa shape index (κ1) is 23.7. The van der Waals surface area contributed by atoms with Gasteiger partial charge in [-0.2, -0.15) is 21.6 Å². The van der Waals surface area contributed by atoms with E-state index in [2.05, 4.69) is 14.8 Å². The van der Waals surface area contributed by atoms with Gasteiger partial charge in [-0.05, 0) is 52.3 Å². The second kappa shape index (κ2) is 7.98. The van der Waals surface area contributed by atoms with Crippen molar-refractivity contribution in [3.63, 3.8) is 0 Å². The third kappa shape index (κ3) is 6.39.